The van der Waals surface area contributed by atoms with Crippen molar-refractivity contribution in [3.05, 3.63) is 29.3 Å². The Hall–Kier alpha value is -1.55. The van der Waals surface area contributed by atoms with Crippen LogP contribution in [-0.2, 0) is 16.1 Å². The highest BCUT2D eigenvalue weighted by Crippen LogP contribution is 2.26. The van der Waals surface area contributed by atoms with Crippen molar-refractivity contribution in [1.29, 1.82) is 0 Å². The van der Waals surface area contributed by atoms with E-state index in [1.54, 1.807) is 12.1 Å². The van der Waals surface area contributed by atoms with Crippen LogP contribution >= 0.6 is 0 Å². The monoisotopic (exact) mass is 194 g/mol. The number of esters is 1. The molecule has 4 nitrogen and oxygen atoms in total. The maximum atomic E-state index is 11.4. The van der Waals surface area contributed by atoms with Crippen molar-refractivity contribution in [2.75, 3.05) is 13.9 Å². The molecular weight excluding hydrogens is 184 g/mol. The van der Waals surface area contributed by atoms with Crippen LogP contribution in [0, 0.1) is 0 Å². The standard InChI is InChI=1S/C10H10O4/c1-12-10(11)7-3-2-4-9-8(7)5-13-6-14-9/h2-4H,5-6H2,1H3. The summed E-state index contributed by atoms with van der Waals surface area (Å²) in [4.78, 5) is 11.4. The van der Waals surface area contributed by atoms with Crippen molar-refractivity contribution >= 4 is 5.97 Å². The molecule has 0 spiro atoms. The van der Waals surface area contributed by atoms with Gasteiger partial charge in [0.2, 0.25) is 0 Å². The second-order valence-electron chi connectivity index (χ2n) is 2.88. The lowest BCUT2D eigenvalue weighted by Crippen LogP contribution is -2.15. The van der Waals surface area contributed by atoms with Gasteiger partial charge in [0.05, 0.1) is 19.3 Å². The molecule has 0 aromatic heterocycles. The van der Waals surface area contributed by atoms with Gasteiger partial charge in [-0.3, -0.25) is 0 Å². The van der Waals surface area contributed by atoms with E-state index in [1.165, 1.54) is 7.11 Å². The van der Waals surface area contributed by atoms with Crippen LogP contribution in [0.1, 0.15) is 15.9 Å². The lowest BCUT2D eigenvalue weighted by molar-refractivity contribution is -0.0171. The predicted molar refractivity (Wildman–Crippen MR) is 48.1 cm³/mol. The summed E-state index contributed by atoms with van der Waals surface area (Å²) in [5.41, 5.74) is 1.26. The fraction of sp³-hybridized carbons (Fsp3) is 0.300. The summed E-state index contributed by atoms with van der Waals surface area (Å²) in [7, 11) is 1.35. The maximum absolute atomic E-state index is 11.4. The van der Waals surface area contributed by atoms with Gasteiger partial charge in [-0.2, -0.15) is 0 Å². The summed E-state index contributed by atoms with van der Waals surface area (Å²) in [5.74, 6) is 0.329. The van der Waals surface area contributed by atoms with E-state index in [9.17, 15) is 4.79 Å². The molecule has 0 N–H and O–H groups in total. The van der Waals surface area contributed by atoms with Crippen molar-refractivity contribution in [2.24, 2.45) is 0 Å². The summed E-state index contributed by atoms with van der Waals surface area (Å²) < 4.78 is 15.0. The van der Waals surface area contributed by atoms with Crippen LogP contribution in [0.15, 0.2) is 18.2 Å². The van der Waals surface area contributed by atoms with Crippen molar-refractivity contribution in [1.82, 2.24) is 0 Å². The summed E-state index contributed by atoms with van der Waals surface area (Å²) in [6.45, 7) is 0.623. The number of methoxy groups -OCH3 is 1. The first-order valence-corrected chi connectivity index (χ1v) is 4.23. The third-order valence-electron chi connectivity index (χ3n) is 2.08. The van der Waals surface area contributed by atoms with Crippen LogP contribution < -0.4 is 4.74 Å². The zero-order chi connectivity index (χ0) is 9.97. The van der Waals surface area contributed by atoms with Gasteiger partial charge in [0.25, 0.3) is 0 Å². The van der Waals surface area contributed by atoms with Crippen LogP contribution in [-0.4, -0.2) is 19.9 Å². The molecule has 0 radical (unpaired) electrons. The van der Waals surface area contributed by atoms with Crippen LogP contribution in [0.25, 0.3) is 0 Å². The van der Waals surface area contributed by atoms with E-state index in [-0.39, 0.29) is 12.8 Å². The Kier molecular flexibility index (Phi) is 2.37. The topological polar surface area (TPSA) is 44.8 Å². The summed E-state index contributed by atoms with van der Waals surface area (Å²) in [5, 5.41) is 0. The van der Waals surface area contributed by atoms with Crippen LogP contribution in [0.3, 0.4) is 0 Å². The molecule has 0 saturated heterocycles. The smallest absolute Gasteiger partial charge is 0.338 e. The normalized spacial score (nSPS) is 14.1. The molecule has 0 fully saturated rings. The molecule has 0 bridgehead atoms. The Labute approximate surface area is 81.4 Å². The number of benzene rings is 1. The molecule has 1 aromatic carbocycles. The summed E-state index contributed by atoms with van der Waals surface area (Å²) in [6, 6.07) is 5.27. The van der Waals surface area contributed by atoms with E-state index in [4.69, 9.17) is 9.47 Å². The molecule has 0 aliphatic carbocycles. The minimum atomic E-state index is -0.365. The zero-order valence-electron chi connectivity index (χ0n) is 7.78. The SMILES string of the molecule is COC(=O)c1cccc2c1COCO2. The average Bonchev–Trinajstić information content (AvgIpc) is 2.27. The van der Waals surface area contributed by atoms with E-state index in [0.717, 1.165) is 5.56 Å². The van der Waals surface area contributed by atoms with Crippen LogP contribution in [0.2, 0.25) is 0 Å². The van der Waals surface area contributed by atoms with Gasteiger partial charge in [0.1, 0.15) is 5.75 Å². The fourth-order valence-electron chi connectivity index (χ4n) is 1.40. The quantitative estimate of drug-likeness (QED) is 0.633. The first-order chi connectivity index (χ1) is 6.83. The molecule has 1 aliphatic rings. The lowest BCUT2D eigenvalue weighted by Gasteiger charge is -2.19. The molecule has 0 unspecified atom stereocenters. The Bertz CT molecular complexity index is 359. The molecule has 0 saturated carbocycles. The number of fused-ring (bicyclic) bond motifs is 1. The largest absolute Gasteiger partial charge is 0.467 e. The minimum absolute atomic E-state index is 0.234. The second-order valence-corrected chi connectivity index (χ2v) is 2.88. The highest BCUT2D eigenvalue weighted by molar-refractivity contribution is 5.91. The number of carbonyl (C=O) groups is 1. The third kappa shape index (κ3) is 1.44. The highest BCUT2D eigenvalue weighted by Gasteiger charge is 2.18. The molecular formula is C10H10O4. The minimum Gasteiger partial charge on any atom is -0.467 e. The zero-order valence-corrected chi connectivity index (χ0v) is 7.78. The van der Waals surface area contributed by atoms with Crippen molar-refractivity contribution in [3.63, 3.8) is 0 Å². The van der Waals surface area contributed by atoms with Gasteiger partial charge in [-0.1, -0.05) is 6.07 Å². The van der Waals surface area contributed by atoms with E-state index in [2.05, 4.69) is 4.74 Å². The van der Waals surface area contributed by atoms with Gasteiger partial charge < -0.3 is 14.2 Å². The molecule has 1 aliphatic heterocycles. The van der Waals surface area contributed by atoms with Crippen LogP contribution in [0.5, 0.6) is 5.75 Å². The van der Waals surface area contributed by atoms with E-state index < -0.39 is 0 Å². The van der Waals surface area contributed by atoms with E-state index >= 15 is 0 Å². The molecule has 14 heavy (non-hydrogen) atoms. The van der Waals surface area contributed by atoms with Crippen molar-refractivity contribution < 1.29 is 19.0 Å². The number of rotatable bonds is 1. The van der Waals surface area contributed by atoms with E-state index in [0.29, 0.717) is 17.9 Å². The second kappa shape index (κ2) is 3.67. The summed E-state index contributed by atoms with van der Waals surface area (Å²) >= 11 is 0. The number of hydrogen-bond acceptors (Lipinski definition) is 4. The van der Waals surface area contributed by atoms with Crippen LogP contribution in [0.4, 0.5) is 0 Å². The Morgan fingerprint density at radius 3 is 3.14 bits per heavy atom. The number of carbonyl (C=O) groups excluding carboxylic acids is 1. The van der Waals surface area contributed by atoms with Gasteiger partial charge in [-0.25, -0.2) is 4.79 Å². The highest BCUT2D eigenvalue weighted by atomic mass is 16.7. The fourth-order valence-corrected chi connectivity index (χ4v) is 1.40. The van der Waals surface area contributed by atoms with Gasteiger partial charge in [0.15, 0.2) is 6.79 Å². The average molecular weight is 194 g/mol. The number of hydrogen-bond donors (Lipinski definition) is 0. The predicted octanol–water partition coefficient (Wildman–Crippen LogP) is 1.34. The third-order valence-corrected chi connectivity index (χ3v) is 2.08. The van der Waals surface area contributed by atoms with Gasteiger partial charge >= 0.3 is 5.97 Å². The summed E-state index contributed by atoms with van der Waals surface area (Å²) in [6.07, 6.45) is 0. The van der Waals surface area contributed by atoms with Gasteiger partial charge in [-0.15, -0.1) is 0 Å². The van der Waals surface area contributed by atoms with Crippen molar-refractivity contribution in [3.8, 4) is 5.75 Å². The Morgan fingerprint density at radius 2 is 2.36 bits per heavy atom. The lowest BCUT2D eigenvalue weighted by atomic mass is 10.1. The Morgan fingerprint density at radius 1 is 1.50 bits per heavy atom. The molecule has 4 heteroatoms. The molecule has 0 atom stereocenters. The molecule has 74 valence electrons. The molecule has 0 amide bonds. The first kappa shape index (κ1) is 9.02. The molecule has 1 heterocycles. The molecule has 2 rings (SSSR count). The van der Waals surface area contributed by atoms with Crippen molar-refractivity contribution in [2.45, 2.75) is 6.61 Å². The molecule has 1 aromatic rings. The maximum Gasteiger partial charge on any atom is 0.338 e. The van der Waals surface area contributed by atoms with Gasteiger partial charge in [-0.05, 0) is 12.1 Å². The van der Waals surface area contributed by atoms with E-state index in [1.807, 2.05) is 6.07 Å². The first-order valence-electron chi connectivity index (χ1n) is 4.23. The van der Waals surface area contributed by atoms with Gasteiger partial charge in [0, 0.05) is 5.56 Å². The number of ether oxygens (including phenoxy) is 3. The Balaban J connectivity index is 2.45.